The van der Waals surface area contributed by atoms with Crippen LogP contribution in [0.2, 0.25) is 0 Å². The molecule has 0 radical (unpaired) electrons. The van der Waals surface area contributed by atoms with Gasteiger partial charge < -0.3 is 4.74 Å². The van der Waals surface area contributed by atoms with E-state index in [-0.39, 0.29) is 5.78 Å². The molecule has 0 amide bonds. The second-order valence-electron chi connectivity index (χ2n) is 2.74. The highest BCUT2D eigenvalue weighted by Gasteiger charge is 2.17. The second-order valence-corrected chi connectivity index (χ2v) is 3.30. The number of aromatic nitrogens is 2. The minimum absolute atomic E-state index is 0.0616. The van der Waals surface area contributed by atoms with Gasteiger partial charge in [0, 0.05) is 5.57 Å². The Labute approximate surface area is 79.6 Å². The van der Waals surface area contributed by atoms with E-state index in [4.69, 9.17) is 4.74 Å². The van der Waals surface area contributed by atoms with Crippen LogP contribution in [0.5, 0.6) is 0 Å². The van der Waals surface area contributed by atoms with Crippen molar-refractivity contribution in [2.24, 2.45) is 0 Å². The number of carbonyl (C=O) groups excluding carboxylic acids is 1. The van der Waals surface area contributed by atoms with Gasteiger partial charge in [-0.25, -0.2) is 0 Å². The summed E-state index contributed by atoms with van der Waals surface area (Å²) in [4.78, 5) is 11.6. The summed E-state index contributed by atoms with van der Waals surface area (Å²) in [6.45, 7) is 0.700. The molecule has 0 atom stereocenters. The van der Waals surface area contributed by atoms with Crippen molar-refractivity contribution in [3.8, 4) is 0 Å². The average Bonchev–Trinajstić information content (AvgIpc) is 2.71. The molecule has 0 saturated heterocycles. The van der Waals surface area contributed by atoms with Gasteiger partial charge in [-0.3, -0.25) is 4.79 Å². The van der Waals surface area contributed by atoms with Crippen LogP contribution in [0.1, 0.15) is 23.3 Å². The molecule has 1 aromatic rings. The van der Waals surface area contributed by atoms with Crippen LogP contribution in [-0.2, 0) is 4.74 Å². The Balaban J connectivity index is 2.17. The molecule has 0 bridgehead atoms. The Morgan fingerprint density at radius 3 is 3.15 bits per heavy atom. The number of Topliss-reactive ketones (excluding diaryl/α,β-unsaturated/α-hetero) is 1. The number of ether oxygens (including phenoxy) is 1. The third-order valence-electron chi connectivity index (χ3n) is 1.82. The lowest BCUT2D eigenvalue weighted by molar-refractivity contribution is 0.101. The van der Waals surface area contributed by atoms with Crippen LogP contribution in [0.25, 0.3) is 0 Å². The molecule has 0 spiro atoms. The quantitative estimate of drug-likeness (QED) is 0.671. The van der Waals surface area contributed by atoms with Crippen LogP contribution < -0.4 is 0 Å². The van der Waals surface area contributed by atoms with Gasteiger partial charge in [-0.2, -0.15) is 8.75 Å². The van der Waals surface area contributed by atoms with E-state index >= 15 is 0 Å². The highest BCUT2D eigenvalue weighted by atomic mass is 32.1. The number of carbonyl (C=O) groups is 1. The maximum absolute atomic E-state index is 11.6. The highest BCUT2D eigenvalue weighted by Crippen LogP contribution is 2.16. The Kier molecular flexibility index (Phi) is 2.35. The van der Waals surface area contributed by atoms with Crippen molar-refractivity contribution < 1.29 is 9.53 Å². The standard InChI is InChI=1S/C8H8N2O2S/c11-8(7-4-9-13-10-7)6-2-1-3-12-5-6/h4-5H,1-3H2. The summed E-state index contributed by atoms with van der Waals surface area (Å²) in [5.41, 5.74) is 1.11. The molecule has 0 aromatic carbocycles. The molecule has 1 aromatic heterocycles. The van der Waals surface area contributed by atoms with Crippen LogP contribution >= 0.6 is 11.7 Å². The average molecular weight is 196 g/mol. The van der Waals surface area contributed by atoms with Gasteiger partial charge in [-0.05, 0) is 12.8 Å². The van der Waals surface area contributed by atoms with Gasteiger partial charge >= 0.3 is 0 Å². The number of hydrogen-bond acceptors (Lipinski definition) is 5. The Morgan fingerprint density at radius 1 is 1.62 bits per heavy atom. The van der Waals surface area contributed by atoms with E-state index in [0.717, 1.165) is 24.6 Å². The first-order valence-electron chi connectivity index (χ1n) is 4.01. The van der Waals surface area contributed by atoms with E-state index in [1.165, 1.54) is 12.5 Å². The van der Waals surface area contributed by atoms with Crippen molar-refractivity contribution >= 4 is 17.5 Å². The summed E-state index contributed by atoms with van der Waals surface area (Å²) in [6.07, 6.45) is 4.69. The summed E-state index contributed by atoms with van der Waals surface area (Å²) in [5.74, 6) is -0.0616. The first-order chi connectivity index (χ1) is 6.38. The van der Waals surface area contributed by atoms with Crippen LogP contribution in [0.3, 0.4) is 0 Å². The molecular formula is C8H8N2O2S. The van der Waals surface area contributed by atoms with E-state index < -0.39 is 0 Å². The minimum atomic E-state index is -0.0616. The zero-order chi connectivity index (χ0) is 9.10. The SMILES string of the molecule is O=C(C1=COCCC1)c1cnsn1. The largest absolute Gasteiger partial charge is 0.501 e. The van der Waals surface area contributed by atoms with E-state index in [9.17, 15) is 4.79 Å². The lowest BCUT2D eigenvalue weighted by atomic mass is 10.0. The predicted molar refractivity (Wildman–Crippen MR) is 47.5 cm³/mol. The molecule has 4 nitrogen and oxygen atoms in total. The van der Waals surface area contributed by atoms with Gasteiger partial charge in [-0.15, -0.1) is 0 Å². The topological polar surface area (TPSA) is 52.1 Å². The van der Waals surface area contributed by atoms with Crippen molar-refractivity contribution in [1.29, 1.82) is 0 Å². The molecule has 68 valence electrons. The van der Waals surface area contributed by atoms with Crippen LogP contribution in [0, 0.1) is 0 Å². The fraction of sp³-hybridized carbons (Fsp3) is 0.375. The van der Waals surface area contributed by atoms with Crippen molar-refractivity contribution in [3.63, 3.8) is 0 Å². The van der Waals surface area contributed by atoms with Crippen molar-refractivity contribution in [1.82, 2.24) is 8.75 Å². The number of hydrogen-bond donors (Lipinski definition) is 0. The number of nitrogens with zero attached hydrogens (tertiary/aromatic N) is 2. The second kappa shape index (κ2) is 3.66. The molecule has 0 fully saturated rings. The minimum Gasteiger partial charge on any atom is -0.501 e. The lowest BCUT2D eigenvalue weighted by Crippen LogP contribution is -2.09. The van der Waals surface area contributed by atoms with E-state index in [1.807, 2.05) is 0 Å². The molecule has 5 heteroatoms. The molecule has 1 aliphatic rings. The lowest BCUT2D eigenvalue weighted by Gasteiger charge is -2.10. The summed E-state index contributed by atoms with van der Waals surface area (Å²) >= 11 is 1.04. The van der Waals surface area contributed by atoms with Gasteiger partial charge in [0.05, 0.1) is 30.8 Å². The van der Waals surface area contributed by atoms with Crippen molar-refractivity contribution in [3.05, 3.63) is 23.7 Å². The van der Waals surface area contributed by atoms with E-state index in [0.29, 0.717) is 17.9 Å². The molecule has 2 rings (SSSR count). The Hall–Kier alpha value is -1.23. The molecular weight excluding hydrogens is 188 g/mol. The zero-order valence-corrected chi connectivity index (χ0v) is 7.71. The normalized spacial score (nSPS) is 16.2. The highest BCUT2D eigenvalue weighted by molar-refractivity contribution is 6.99. The molecule has 1 aliphatic heterocycles. The summed E-state index contributed by atoms with van der Waals surface area (Å²) in [5, 5.41) is 0. The fourth-order valence-corrected chi connectivity index (χ4v) is 1.57. The molecule has 0 saturated carbocycles. The van der Waals surface area contributed by atoms with E-state index in [2.05, 4.69) is 8.75 Å². The summed E-state index contributed by atoms with van der Waals surface area (Å²) in [6, 6.07) is 0. The van der Waals surface area contributed by atoms with Gasteiger partial charge in [0.25, 0.3) is 0 Å². The van der Waals surface area contributed by atoms with Crippen LogP contribution in [-0.4, -0.2) is 21.1 Å². The van der Waals surface area contributed by atoms with Gasteiger partial charge in [-0.1, -0.05) is 0 Å². The maximum Gasteiger partial charge on any atom is 0.213 e. The van der Waals surface area contributed by atoms with Gasteiger partial charge in [0.1, 0.15) is 5.69 Å². The molecule has 0 N–H and O–H groups in total. The molecule has 13 heavy (non-hydrogen) atoms. The van der Waals surface area contributed by atoms with E-state index in [1.54, 1.807) is 0 Å². The smallest absolute Gasteiger partial charge is 0.213 e. The third kappa shape index (κ3) is 1.75. The molecule has 0 unspecified atom stereocenters. The Morgan fingerprint density at radius 2 is 2.54 bits per heavy atom. The summed E-state index contributed by atoms with van der Waals surface area (Å²) < 4.78 is 12.7. The van der Waals surface area contributed by atoms with Gasteiger partial charge in [0.15, 0.2) is 0 Å². The van der Waals surface area contributed by atoms with Crippen molar-refractivity contribution in [2.45, 2.75) is 12.8 Å². The third-order valence-corrected chi connectivity index (χ3v) is 2.30. The van der Waals surface area contributed by atoms with Crippen LogP contribution in [0.15, 0.2) is 18.0 Å². The fourth-order valence-electron chi connectivity index (χ4n) is 1.16. The number of ketones is 1. The van der Waals surface area contributed by atoms with Crippen molar-refractivity contribution in [2.75, 3.05) is 6.61 Å². The Bertz CT molecular complexity index is 332. The first kappa shape index (κ1) is 8.37. The summed E-state index contributed by atoms with van der Waals surface area (Å²) in [7, 11) is 0. The number of rotatable bonds is 2. The maximum atomic E-state index is 11.6. The van der Waals surface area contributed by atoms with Crippen LogP contribution in [0.4, 0.5) is 0 Å². The first-order valence-corrected chi connectivity index (χ1v) is 4.74. The predicted octanol–water partition coefficient (Wildman–Crippen LogP) is 1.42. The van der Waals surface area contributed by atoms with Gasteiger partial charge in [0.2, 0.25) is 5.78 Å². The monoisotopic (exact) mass is 196 g/mol. The zero-order valence-electron chi connectivity index (χ0n) is 6.90. The molecule has 2 heterocycles. The molecule has 0 aliphatic carbocycles. The number of allylic oxidation sites excluding steroid dienone is 1.